The molecule has 1 aromatic heterocycles. The molecular weight excluding hydrogens is 522 g/mol. The molecule has 8 rings (SSSR count). The molecule has 3 heteroatoms. The number of fused-ring (bicyclic) bond motifs is 4. The lowest BCUT2D eigenvalue weighted by atomic mass is 9.82. The maximum atomic E-state index is 5.02. The van der Waals surface area contributed by atoms with E-state index in [-0.39, 0.29) is 5.41 Å². The van der Waals surface area contributed by atoms with E-state index >= 15 is 0 Å². The van der Waals surface area contributed by atoms with E-state index in [1.165, 1.54) is 33.4 Å². The zero-order valence-corrected chi connectivity index (χ0v) is 24.1. The number of rotatable bonds is 4. The summed E-state index contributed by atoms with van der Waals surface area (Å²) < 4.78 is 0. The van der Waals surface area contributed by atoms with Crippen LogP contribution in [0.5, 0.6) is 0 Å². The molecule has 6 aromatic carbocycles. The van der Waals surface area contributed by atoms with Crippen LogP contribution >= 0.6 is 0 Å². The Hall–Kier alpha value is -5.41. The first-order valence-electron chi connectivity index (χ1n) is 14.7. The van der Waals surface area contributed by atoms with Gasteiger partial charge in [-0.3, -0.25) is 0 Å². The number of benzene rings is 6. The van der Waals surface area contributed by atoms with Crippen LogP contribution < -0.4 is 0 Å². The summed E-state index contributed by atoms with van der Waals surface area (Å²) in [7, 11) is 0. The van der Waals surface area contributed by atoms with Crippen LogP contribution in [-0.4, -0.2) is 15.0 Å². The van der Waals surface area contributed by atoms with Gasteiger partial charge in [-0.25, -0.2) is 15.0 Å². The van der Waals surface area contributed by atoms with Gasteiger partial charge in [0.05, 0.1) is 0 Å². The molecule has 7 aromatic rings. The summed E-state index contributed by atoms with van der Waals surface area (Å²) >= 11 is 0. The lowest BCUT2D eigenvalue weighted by Gasteiger charge is -2.21. The fourth-order valence-electron chi connectivity index (χ4n) is 6.47. The van der Waals surface area contributed by atoms with E-state index in [0.717, 1.165) is 27.5 Å². The third-order valence-electron chi connectivity index (χ3n) is 8.76. The zero-order valence-electron chi connectivity index (χ0n) is 24.1. The average molecular weight is 552 g/mol. The third-order valence-corrected chi connectivity index (χ3v) is 8.76. The van der Waals surface area contributed by atoms with Crippen LogP contribution in [0.2, 0.25) is 0 Å². The minimum atomic E-state index is 0.00520. The monoisotopic (exact) mass is 551 g/mol. The average Bonchev–Trinajstić information content (AvgIpc) is 3.30. The molecule has 0 atom stereocenters. The van der Waals surface area contributed by atoms with Crippen molar-refractivity contribution in [3.8, 4) is 56.4 Å². The van der Waals surface area contributed by atoms with E-state index in [0.29, 0.717) is 17.5 Å². The maximum absolute atomic E-state index is 5.02. The first kappa shape index (κ1) is 25.3. The van der Waals surface area contributed by atoms with E-state index in [1.807, 2.05) is 30.3 Å². The van der Waals surface area contributed by atoms with E-state index in [9.17, 15) is 0 Å². The molecule has 204 valence electrons. The van der Waals surface area contributed by atoms with E-state index in [4.69, 9.17) is 15.0 Å². The van der Waals surface area contributed by atoms with E-state index in [2.05, 4.69) is 123 Å². The highest BCUT2D eigenvalue weighted by Gasteiger charge is 2.35. The second kappa shape index (κ2) is 9.85. The van der Waals surface area contributed by atoms with E-state index < -0.39 is 0 Å². The van der Waals surface area contributed by atoms with Gasteiger partial charge in [-0.05, 0) is 50.2 Å². The molecule has 1 aliphatic carbocycles. The number of nitrogens with zero attached hydrogens (tertiary/aromatic N) is 3. The van der Waals surface area contributed by atoms with Crippen LogP contribution in [0, 0.1) is 0 Å². The van der Waals surface area contributed by atoms with Crippen molar-refractivity contribution in [1.29, 1.82) is 0 Å². The predicted octanol–water partition coefficient (Wildman–Crippen LogP) is 10.00. The highest BCUT2D eigenvalue weighted by Crippen LogP contribution is 2.49. The zero-order chi connectivity index (χ0) is 29.0. The first-order valence-corrected chi connectivity index (χ1v) is 14.7. The Morgan fingerprint density at radius 2 is 0.953 bits per heavy atom. The molecule has 0 N–H and O–H groups in total. The maximum Gasteiger partial charge on any atom is 0.164 e. The molecule has 3 nitrogen and oxygen atoms in total. The summed E-state index contributed by atoms with van der Waals surface area (Å²) in [6, 6.07) is 49.0. The van der Waals surface area contributed by atoms with Crippen molar-refractivity contribution in [2.24, 2.45) is 0 Å². The molecule has 43 heavy (non-hydrogen) atoms. The van der Waals surface area contributed by atoms with Gasteiger partial charge in [-0.1, -0.05) is 147 Å². The van der Waals surface area contributed by atoms with Crippen LogP contribution in [0.4, 0.5) is 0 Å². The molecule has 1 heterocycles. The number of aromatic nitrogens is 3. The lowest BCUT2D eigenvalue weighted by molar-refractivity contribution is 0.660. The topological polar surface area (TPSA) is 38.7 Å². The van der Waals surface area contributed by atoms with Crippen LogP contribution in [0.1, 0.15) is 25.0 Å². The molecule has 0 amide bonds. The molecule has 0 bridgehead atoms. The summed E-state index contributed by atoms with van der Waals surface area (Å²) in [5.74, 6) is 2.00. The molecule has 0 saturated heterocycles. The molecule has 0 aliphatic heterocycles. The van der Waals surface area contributed by atoms with Gasteiger partial charge in [-0.15, -0.1) is 0 Å². The Labute approximate surface area is 251 Å². The minimum absolute atomic E-state index is 0.00520. The first-order chi connectivity index (χ1) is 21.1. The van der Waals surface area contributed by atoms with Gasteiger partial charge >= 0.3 is 0 Å². The van der Waals surface area contributed by atoms with Crippen molar-refractivity contribution in [1.82, 2.24) is 15.0 Å². The third kappa shape index (κ3) is 4.24. The summed E-state index contributed by atoms with van der Waals surface area (Å²) in [6.07, 6.45) is 0. The Morgan fingerprint density at radius 3 is 1.77 bits per heavy atom. The van der Waals surface area contributed by atoms with E-state index in [1.54, 1.807) is 0 Å². The summed E-state index contributed by atoms with van der Waals surface area (Å²) in [5.41, 5.74) is 10.7. The standard InChI is InChI=1S/C40H29N3/c1-40(2)35-18-9-8-16-32(35)34-25-30(23-24-36(34)40)26-19-21-29(22-20-26)38-41-37(28-12-4-3-5-13-28)42-39(43-38)33-17-10-14-27-11-6-7-15-31(27)33/h3-25H,1-2H3. The largest absolute Gasteiger partial charge is 0.208 e. The van der Waals surface area contributed by atoms with Crippen molar-refractivity contribution < 1.29 is 0 Å². The molecule has 1 aliphatic rings. The van der Waals surface area contributed by atoms with Gasteiger partial charge in [0.15, 0.2) is 17.5 Å². The second-order valence-corrected chi connectivity index (χ2v) is 11.7. The highest BCUT2D eigenvalue weighted by molar-refractivity contribution is 5.95. The normalized spacial score (nSPS) is 13.1. The van der Waals surface area contributed by atoms with Crippen molar-refractivity contribution in [3.63, 3.8) is 0 Å². The molecule has 0 radical (unpaired) electrons. The van der Waals surface area contributed by atoms with Crippen LogP contribution in [-0.2, 0) is 5.41 Å². The molecule has 0 spiro atoms. The van der Waals surface area contributed by atoms with Gasteiger partial charge in [-0.2, -0.15) is 0 Å². The van der Waals surface area contributed by atoms with Gasteiger partial charge in [0.1, 0.15) is 0 Å². The van der Waals surface area contributed by atoms with Crippen molar-refractivity contribution in [2.45, 2.75) is 19.3 Å². The summed E-state index contributed by atoms with van der Waals surface area (Å²) in [4.78, 5) is 14.9. The summed E-state index contributed by atoms with van der Waals surface area (Å²) in [5, 5.41) is 2.28. The summed E-state index contributed by atoms with van der Waals surface area (Å²) in [6.45, 7) is 4.63. The predicted molar refractivity (Wildman–Crippen MR) is 177 cm³/mol. The number of hydrogen-bond acceptors (Lipinski definition) is 3. The Balaban J connectivity index is 1.22. The van der Waals surface area contributed by atoms with Crippen molar-refractivity contribution in [2.75, 3.05) is 0 Å². The molecule has 0 fully saturated rings. The van der Waals surface area contributed by atoms with Gasteiger partial charge in [0, 0.05) is 22.1 Å². The minimum Gasteiger partial charge on any atom is -0.208 e. The van der Waals surface area contributed by atoms with Gasteiger partial charge in [0.25, 0.3) is 0 Å². The highest BCUT2D eigenvalue weighted by atomic mass is 15.0. The van der Waals surface area contributed by atoms with Crippen LogP contribution in [0.3, 0.4) is 0 Å². The van der Waals surface area contributed by atoms with Crippen molar-refractivity contribution >= 4 is 10.8 Å². The Bertz CT molecular complexity index is 2140. The van der Waals surface area contributed by atoms with Crippen LogP contribution in [0.25, 0.3) is 67.2 Å². The van der Waals surface area contributed by atoms with Crippen molar-refractivity contribution in [3.05, 3.63) is 151 Å². The van der Waals surface area contributed by atoms with Gasteiger partial charge in [0.2, 0.25) is 0 Å². The fourth-order valence-corrected chi connectivity index (χ4v) is 6.47. The molecule has 0 saturated carbocycles. The molecule has 0 unspecified atom stereocenters. The molecular formula is C40H29N3. The Morgan fingerprint density at radius 1 is 0.395 bits per heavy atom. The smallest absolute Gasteiger partial charge is 0.164 e. The Kier molecular flexibility index (Phi) is 5.80. The fraction of sp³-hybridized carbons (Fsp3) is 0.0750. The SMILES string of the molecule is CC1(C)c2ccccc2-c2cc(-c3ccc(-c4nc(-c5ccccc5)nc(-c5cccc6ccccc56)n4)cc3)ccc21. The lowest BCUT2D eigenvalue weighted by Crippen LogP contribution is -2.14. The number of hydrogen-bond donors (Lipinski definition) is 0. The van der Waals surface area contributed by atoms with Gasteiger partial charge < -0.3 is 0 Å². The van der Waals surface area contributed by atoms with Crippen LogP contribution in [0.15, 0.2) is 140 Å². The quantitative estimate of drug-likeness (QED) is 0.218. The second-order valence-electron chi connectivity index (χ2n) is 11.7.